The second-order valence-electron chi connectivity index (χ2n) is 4.39. The summed E-state index contributed by atoms with van der Waals surface area (Å²) in [5, 5.41) is 2.73. The molecule has 0 aliphatic rings. The number of thioether (sulfide) groups is 1. The molecule has 0 aliphatic heterocycles. The summed E-state index contributed by atoms with van der Waals surface area (Å²) in [5.41, 5.74) is -1.07. The monoisotopic (exact) mass is 383 g/mol. The molecule has 22 heavy (non-hydrogen) atoms. The SMILES string of the molecule is O=C(Cn1ccc(=O)[nH]c1=O)NCCSc1ccc(Br)cc1. The van der Waals surface area contributed by atoms with Crippen LogP contribution in [0.2, 0.25) is 0 Å². The van der Waals surface area contributed by atoms with Gasteiger partial charge in [0.2, 0.25) is 5.91 Å². The highest BCUT2D eigenvalue weighted by molar-refractivity contribution is 9.10. The number of halogens is 1. The van der Waals surface area contributed by atoms with Gasteiger partial charge in [0.05, 0.1) is 0 Å². The molecular weight excluding hydrogens is 370 g/mol. The van der Waals surface area contributed by atoms with Crippen LogP contribution in [0.5, 0.6) is 0 Å². The summed E-state index contributed by atoms with van der Waals surface area (Å²) in [6.07, 6.45) is 1.30. The maximum absolute atomic E-state index is 11.7. The van der Waals surface area contributed by atoms with Gasteiger partial charge >= 0.3 is 5.69 Å². The Bertz CT molecular complexity index is 755. The number of nitrogens with one attached hydrogen (secondary N) is 2. The van der Waals surface area contributed by atoms with Crippen molar-refractivity contribution in [3.63, 3.8) is 0 Å². The normalized spacial score (nSPS) is 10.4. The summed E-state index contributed by atoms with van der Waals surface area (Å²) < 4.78 is 2.18. The Morgan fingerprint density at radius 3 is 2.64 bits per heavy atom. The number of nitrogens with zero attached hydrogens (tertiary/aromatic N) is 1. The molecule has 1 heterocycles. The lowest BCUT2D eigenvalue weighted by molar-refractivity contribution is -0.121. The van der Waals surface area contributed by atoms with Gasteiger partial charge in [0.25, 0.3) is 5.56 Å². The van der Waals surface area contributed by atoms with Gasteiger partial charge in [0.1, 0.15) is 6.54 Å². The predicted molar refractivity (Wildman–Crippen MR) is 89.2 cm³/mol. The van der Waals surface area contributed by atoms with Crippen LogP contribution in [0.15, 0.2) is 55.5 Å². The number of aromatic amines is 1. The van der Waals surface area contributed by atoms with Crippen molar-refractivity contribution < 1.29 is 4.79 Å². The fraction of sp³-hybridized carbons (Fsp3) is 0.214. The van der Waals surface area contributed by atoms with Crippen LogP contribution in [0.1, 0.15) is 0 Å². The van der Waals surface area contributed by atoms with Crippen LogP contribution in [0.3, 0.4) is 0 Å². The Morgan fingerprint density at radius 2 is 1.95 bits per heavy atom. The van der Waals surface area contributed by atoms with Crippen molar-refractivity contribution in [2.24, 2.45) is 0 Å². The Labute approximate surface area is 139 Å². The summed E-state index contributed by atoms with van der Waals surface area (Å²) in [4.78, 5) is 37.3. The third kappa shape index (κ3) is 5.19. The standard InChI is InChI=1S/C14H14BrN3O3S/c15-10-1-3-11(4-2-10)22-8-6-16-13(20)9-18-7-5-12(19)17-14(18)21/h1-5,7H,6,8-9H2,(H,16,20)(H,17,19,21). The van der Waals surface area contributed by atoms with Gasteiger partial charge in [0, 0.05) is 33.9 Å². The first-order valence-corrected chi connectivity index (χ1v) is 8.27. The summed E-state index contributed by atoms with van der Waals surface area (Å²) >= 11 is 5.00. The van der Waals surface area contributed by atoms with Crippen LogP contribution in [0.4, 0.5) is 0 Å². The summed E-state index contributed by atoms with van der Waals surface area (Å²) in [7, 11) is 0. The molecule has 0 fully saturated rings. The number of H-pyrrole nitrogens is 1. The summed E-state index contributed by atoms with van der Waals surface area (Å²) in [6, 6.07) is 9.12. The summed E-state index contributed by atoms with van der Waals surface area (Å²) in [5.74, 6) is 0.457. The van der Waals surface area contributed by atoms with E-state index in [0.29, 0.717) is 6.54 Å². The molecule has 0 saturated heterocycles. The van der Waals surface area contributed by atoms with Gasteiger partial charge in [-0.3, -0.25) is 19.1 Å². The van der Waals surface area contributed by atoms with E-state index in [1.54, 1.807) is 11.8 Å². The lowest BCUT2D eigenvalue weighted by atomic mass is 10.4. The molecule has 0 radical (unpaired) electrons. The zero-order chi connectivity index (χ0) is 15.9. The molecule has 0 aliphatic carbocycles. The lowest BCUT2D eigenvalue weighted by Gasteiger charge is -2.07. The van der Waals surface area contributed by atoms with Crippen LogP contribution < -0.4 is 16.6 Å². The minimum atomic E-state index is -0.591. The lowest BCUT2D eigenvalue weighted by Crippen LogP contribution is -2.36. The highest BCUT2D eigenvalue weighted by Crippen LogP contribution is 2.19. The van der Waals surface area contributed by atoms with Crippen molar-refractivity contribution in [1.29, 1.82) is 0 Å². The van der Waals surface area contributed by atoms with E-state index in [-0.39, 0.29) is 12.5 Å². The van der Waals surface area contributed by atoms with Gasteiger partial charge in [0.15, 0.2) is 0 Å². The Balaban J connectivity index is 1.75. The van der Waals surface area contributed by atoms with E-state index in [1.165, 1.54) is 12.3 Å². The number of hydrogen-bond acceptors (Lipinski definition) is 4. The second-order valence-corrected chi connectivity index (χ2v) is 6.47. The van der Waals surface area contributed by atoms with Gasteiger partial charge in [-0.15, -0.1) is 11.8 Å². The topological polar surface area (TPSA) is 84.0 Å². The van der Waals surface area contributed by atoms with Gasteiger partial charge in [-0.05, 0) is 24.3 Å². The first kappa shape index (κ1) is 16.6. The van der Waals surface area contributed by atoms with Gasteiger partial charge in [-0.1, -0.05) is 15.9 Å². The van der Waals surface area contributed by atoms with E-state index in [9.17, 15) is 14.4 Å². The first-order chi connectivity index (χ1) is 10.5. The first-order valence-electron chi connectivity index (χ1n) is 6.49. The van der Waals surface area contributed by atoms with Crippen LogP contribution in [-0.2, 0) is 11.3 Å². The number of carbonyl (C=O) groups is 1. The third-order valence-electron chi connectivity index (χ3n) is 2.72. The Kier molecular flexibility index (Phi) is 6.02. The molecule has 2 N–H and O–H groups in total. The molecule has 1 aromatic carbocycles. The quantitative estimate of drug-likeness (QED) is 0.579. The van der Waals surface area contributed by atoms with E-state index < -0.39 is 11.2 Å². The number of aromatic nitrogens is 2. The Morgan fingerprint density at radius 1 is 1.23 bits per heavy atom. The van der Waals surface area contributed by atoms with Gasteiger partial charge in [-0.2, -0.15) is 0 Å². The number of amides is 1. The molecule has 0 atom stereocenters. The van der Waals surface area contributed by atoms with Crippen molar-refractivity contribution in [2.75, 3.05) is 12.3 Å². The maximum atomic E-state index is 11.7. The van der Waals surface area contributed by atoms with E-state index in [2.05, 4.69) is 26.2 Å². The van der Waals surface area contributed by atoms with Crippen LogP contribution in [0.25, 0.3) is 0 Å². The molecule has 0 saturated carbocycles. The number of benzene rings is 1. The molecule has 2 rings (SSSR count). The zero-order valence-electron chi connectivity index (χ0n) is 11.5. The van der Waals surface area contributed by atoms with E-state index in [0.717, 1.165) is 19.7 Å². The maximum Gasteiger partial charge on any atom is 0.328 e. The molecule has 2 aromatic rings. The van der Waals surface area contributed by atoms with Crippen LogP contribution >= 0.6 is 27.7 Å². The molecule has 8 heteroatoms. The molecule has 116 valence electrons. The van der Waals surface area contributed by atoms with Gasteiger partial charge in [-0.25, -0.2) is 4.79 Å². The molecule has 0 unspecified atom stereocenters. The number of rotatable bonds is 6. The van der Waals surface area contributed by atoms with E-state index in [1.807, 2.05) is 24.3 Å². The van der Waals surface area contributed by atoms with Crippen molar-refractivity contribution >= 4 is 33.6 Å². The highest BCUT2D eigenvalue weighted by Gasteiger charge is 2.04. The summed E-state index contributed by atoms with van der Waals surface area (Å²) in [6.45, 7) is 0.385. The minimum absolute atomic E-state index is 0.113. The van der Waals surface area contributed by atoms with Gasteiger partial charge < -0.3 is 5.32 Å². The fourth-order valence-electron chi connectivity index (χ4n) is 1.67. The average Bonchev–Trinajstić information content (AvgIpc) is 2.48. The highest BCUT2D eigenvalue weighted by atomic mass is 79.9. The molecule has 1 amide bonds. The molecule has 0 bridgehead atoms. The van der Waals surface area contributed by atoms with Crippen molar-refractivity contribution in [2.45, 2.75) is 11.4 Å². The smallest absolute Gasteiger partial charge is 0.328 e. The second kappa shape index (κ2) is 8.00. The molecule has 0 spiro atoms. The zero-order valence-corrected chi connectivity index (χ0v) is 13.9. The van der Waals surface area contributed by atoms with E-state index in [4.69, 9.17) is 0 Å². The molecule has 1 aromatic heterocycles. The molecular formula is C14H14BrN3O3S. The number of carbonyl (C=O) groups excluding carboxylic acids is 1. The number of hydrogen-bond donors (Lipinski definition) is 2. The predicted octanol–water partition coefficient (Wildman–Crippen LogP) is 1.21. The average molecular weight is 384 g/mol. The van der Waals surface area contributed by atoms with Crippen molar-refractivity contribution in [3.8, 4) is 0 Å². The van der Waals surface area contributed by atoms with Crippen LogP contribution in [-0.4, -0.2) is 27.8 Å². The molecule has 6 nitrogen and oxygen atoms in total. The van der Waals surface area contributed by atoms with Crippen molar-refractivity contribution in [3.05, 3.63) is 61.8 Å². The third-order valence-corrected chi connectivity index (χ3v) is 4.26. The Hall–Kier alpha value is -1.80. The minimum Gasteiger partial charge on any atom is -0.354 e. The largest absolute Gasteiger partial charge is 0.354 e. The fourth-order valence-corrected chi connectivity index (χ4v) is 2.70. The van der Waals surface area contributed by atoms with Crippen molar-refractivity contribution in [1.82, 2.24) is 14.9 Å². The van der Waals surface area contributed by atoms with E-state index >= 15 is 0 Å². The van der Waals surface area contributed by atoms with Crippen LogP contribution in [0, 0.1) is 0 Å².